The van der Waals surface area contributed by atoms with E-state index in [4.69, 9.17) is 4.74 Å². The van der Waals surface area contributed by atoms with Crippen molar-refractivity contribution in [2.75, 3.05) is 59.5 Å². The number of nitrogens with zero attached hydrogens (tertiary/aromatic N) is 3. The SMILES string of the molecule is COCCN(Cc1cccs1)C(=O)CN1CCN(CC(=O)NC(C)(C)C)CC1. The minimum absolute atomic E-state index is 0.0544. The summed E-state index contributed by atoms with van der Waals surface area (Å²) in [6.45, 7) is 11.7. The lowest BCUT2D eigenvalue weighted by Crippen LogP contribution is -2.53. The van der Waals surface area contributed by atoms with Crippen molar-refractivity contribution in [3.8, 4) is 0 Å². The Morgan fingerprint density at radius 2 is 1.82 bits per heavy atom. The van der Waals surface area contributed by atoms with Gasteiger partial charge in [-0.05, 0) is 32.2 Å². The summed E-state index contributed by atoms with van der Waals surface area (Å²) in [5, 5.41) is 5.03. The predicted octanol–water partition coefficient (Wildman–Crippen LogP) is 1.26. The minimum atomic E-state index is -0.209. The average molecular weight is 411 g/mol. The predicted molar refractivity (Wildman–Crippen MR) is 112 cm³/mol. The number of piperazine rings is 1. The van der Waals surface area contributed by atoms with E-state index < -0.39 is 0 Å². The lowest BCUT2D eigenvalue weighted by molar-refractivity contribution is -0.134. The molecule has 1 saturated heterocycles. The van der Waals surface area contributed by atoms with Crippen molar-refractivity contribution in [1.29, 1.82) is 0 Å². The summed E-state index contributed by atoms with van der Waals surface area (Å²) in [7, 11) is 1.66. The van der Waals surface area contributed by atoms with E-state index in [-0.39, 0.29) is 17.4 Å². The molecule has 0 atom stereocenters. The van der Waals surface area contributed by atoms with Crippen LogP contribution in [-0.4, -0.2) is 91.6 Å². The number of nitrogens with one attached hydrogen (secondary N) is 1. The highest BCUT2D eigenvalue weighted by molar-refractivity contribution is 7.09. The Morgan fingerprint density at radius 1 is 1.18 bits per heavy atom. The molecule has 2 amide bonds. The highest BCUT2D eigenvalue weighted by Gasteiger charge is 2.24. The maximum absolute atomic E-state index is 12.8. The maximum Gasteiger partial charge on any atom is 0.237 e. The van der Waals surface area contributed by atoms with E-state index in [0.717, 1.165) is 26.2 Å². The van der Waals surface area contributed by atoms with Gasteiger partial charge in [0.25, 0.3) is 0 Å². The second kappa shape index (κ2) is 10.9. The molecule has 1 aromatic heterocycles. The Bertz CT molecular complexity index is 607. The lowest BCUT2D eigenvalue weighted by Gasteiger charge is -2.35. The van der Waals surface area contributed by atoms with Gasteiger partial charge in [0.1, 0.15) is 0 Å². The van der Waals surface area contributed by atoms with Crippen LogP contribution >= 0.6 is 11.3 Å². The molecule has 0 bridgehead atoms. The molecule has 2 rings (SSSR count). The molecule has 0 aliphatic carbocycles. The third-order valence-electron chi connectivity index (χ3n) is 4.55. The van der Waals surface area contributed by atoms with Gasteiger partial charge in [0.05, 0.1) is 26.2 Å². The van der Waals surface area contributed by atoms with Gasteiger partial charge in [-0.25, -0.2) is 0 Å². The molecule has 0 aromatic carbocycles. The fourth-order valence-corrected chi connectivity index (χ4v) is 3.86. The highest BCUT2D eigenvalue weighted by atomic mass is 32.1. The minimum Gasteiger partial charge on any atom is -0.383 e. The molecule has 0 radical (unpaired) electrons. The summed E-state index contributed by atoms with van der Waals surface area (Å²) in [6, 6.07) is 4.06. The van der Waals surface area contributed by atoms with Gasteiger partial charge in [0.15, 0.2) is 0 Å². The van der Waals surface area contributed by atoms with Crippen molar-refractivity contribution in [2.24, 2.45) is 0 Å². The summed E-state index contributed by atoms with van der Waals surface area (Å²) in [4.78, 5) is 32.3. The van der Waals surface area contributed by atoms with Gasteiger partial charge in [-0.1, -0.05) is 6.07 Å². The van der Waals surface area contributed by atoms with Crippen molar-refractivity contribution < 1.29 is 14.3 Å². The van der Waals surface area contributed by atoms with E-state index in [2.05, 4.69) is 21.2 Å². The maximum atomic E-state index is 12.8. The number of ether oxygens (including phenoxy) is 1. The molecule has 1 fully saturated rings. The number of amides is 2. The van der Waals surface area contributed by atoms with Crippen LogP contribution < -0.4 is 5.32 Å². The summed E-state index contributed by atoms with van der Waals surface area (Å²) in [5.74, 6) is 0.183. The van der Waals surface area contributed by atoms with Crippen LogP contribution in [0.15, 0.2) is 17.5 Å². The Morgan fingerprint density at radius 3 is 2.36 bits per heavy atom. The van der Waals surface area contributed by atoms with Crippen LogP contribution in [0.4, 0.5) is 0 Å². The zero-order valence-corrected chi connectivity index (χ0v) is 18.4. The highest BCUT2D eigenvalue weighted by Crippen LogP contribution is 2.13. The number of hydrogen-bond donors (Lipinski definition) is 1. The third kappa shape index (κ3) is 8.26. The molecular formula is C20H34N4O3S. The summed E-state index contributed by atoms with van der Waals surface area (Å²) < 4.78 is 5.17. The normalized spacial score (nSPS) is 16.1. The summed E-state index contributed by atoms with van der Waals surface area (Å²) in [6.07, 6.45) is 0. The molecule has 0 saturated carbocycles. The first-order chi connectivity index (χ1) is 13.3. The first-order valence-electron chi connectivity index (χ1n) is 9.81. The molecule has 7 nitrogen and oxygen atoms in total. The van der Waals surface area contributed by atoms with Crippen LogP contribution in [0.2, 0.25) is 0 Å². The van der Waals surface area contributed by atoms with Crippen LogP contribution in [0.1, 0.15) is 25.6 Å². The van der Waals surface area contributed by atoms with Crippen molar-refractivity contribution in [2.45, 2.75) is 32.9 Å². The number of rotatable bonds is 9. The molecule has 0 unspecified atom stereocenters. The van der Waals surface area contributed by atoms with Crippen molar-refractivity contribution in [1.82, 2.24) is 20.0 Å². The average Bonchev–Trinajstić information content (AvgIpc) is 3.11. The number of carbonyl (C=O) groups excluding carboxylic acids is 2. The zero-order valence-electron chi connectivity index (χ0n) is 17.6. The van der Waals surface area contributed by atoms with Gasteiger partial charge in [0, 0.05) is 50.2 Å². The van der Waals surface area contributed by atoms with E-state index >= 15 is 0 Å². The second-order valence-electron chi connectivity index (χ2n) is 8.24. The van der Waals surface area contributed by atoms with Crippen LogP contribution in [0.5, 0.6) is 0 Å². The van der Waals surface area contributed by atoms with E-state index in [0.29, 0.717) is 32.8 Å². The van der Waals surface area contributed by atoms with E-state index in [9.17, 15) is 9.59 Å². The number of methoxy groups -OCH3 is 1. The Labute approximate surface area is 172 Å². The molecule has 158 valence electrons. The van der Waals surface area contributed by atoms with Gasteiger partial charge >= 0.3 is 0 Å². The first kappa shape index (κ1) is 22.8. The Hall–Kier alpha value is -1.48. The second-order valence-corrected chi connectivity index (χ2v) is 9.27. The van der Waals surface area contributed by atoms with Crippen molar-refractivity contribution in [3.63, 3.8) is 0 Å². The molecule has 0 spiro atoms. The largest absolute Gasteiger partial charge is 0.383 e. The molecule has 1 aliphatic heterocycles. The smallest absolute Gasteiger partial charge is 0.237 e. The Balaban J connectivity index is 1.78. The van der Waals surface area contributed by atoms with Crippen molar-refractivity contribution >= 4 is 23.2 Å². The number of thiophene rings is 1. The van der Waals surface area contributed by atoms with Gasteiger partial charge in [-0.2, -0.15) is 0 Å². The zero-order chi connectivity index (χ0) is 20.6. The van der Waals surface area contributed by atoms with Crippen LogP contribution in [0.25, 0.3) is 0 Å². The molecular weight excluding hydrogens is 376 g/mol. The Kier molecular flexibility index (Phi) is 8.88. The molecule has 1 aromatic rings. The van der Waals surface area contributed by atoms with Crippen LogP contribution in [0, 0.1) is 0 Å². The number of hydrogen-bond acceptors (Lipinski definition) is 6. The summed E-state index contributed by atoms with van der Waals surface area (Å²) >= 11 is 1.67. The molecule has 2 heterocycles. The topological polar surface area (TPSA) is 65.1 Å². The first-order valence-corrected chi connectivity index (χ1v) is 10.7. The third-order valence-corrected chi connectivity index (χ3v) is 5.41. The lowest BCUT2D eigenvalue weighted by atomic mass is 10.1. The molecule has 8 heteroatoms. The van der Waals surface area contributed by atoms with E-state index in [1.807, 2.05) is 37.1 Å². The van der Waals surface area contributed by atoms with Gasteiger partial charge < -0.3 is 15.0 Å². The van der Waals surface area contributed by atoms with Gasteiger partial charge in [0.2, 0.25) is 11.8 Å². The van der Waals surface area contributed by atoms with E-state index in [1.165, 1.54) is 4.88 Å². The number of carbonyl (C=O) groups is 2. The van der Waals surface area contributed by atoms with Crippen molar-refractivity contribution in [3.05, 3.63) is 22.4 Å². The molecule has 28 heavy (non-hydrogen) atoms. The van der Waals surface area contributed by atoms with Crippen LogP contribution in [0.3, 0.4) is 0 Å². The molecule has 1 N–H and O–H groups in total. The van der Waals surface area contributed by atoms with Gasteiger partial charge in [-0.3, -0.25) is 19.4 Å². The van der Waals surface area contributed by atoms with E-state index in [1.54, 1.807) is 18.4 Å². The standard InChI is InChI=1S/C20H34N4O3S/c1-20(2,3)21-18(25)15-22-7-9-23(10-8-22)16-19(26)24(11-12-27-4)14-17-6-5-13-28-17/h5-6,13H,7-12,14-16H2,1-4H3,(H,21,25). The molecule has 1 aliphatic rings. The quantitative estimate of drug-likeness (QED) is 0.664. The fraction of sp³-hybridized carbons (Fsp3) is 0.700. The summed E-state index contributed by atoms with van der Waals surface area (Å²) in [5.41, 5.74) is -0.209. The fourth-order valence-electron chi connectivity index (χ4n) is 3.14. The van der Waals surface area contributed by atoms with Gasteiger partial charge in [-0.15, -0.1) is 11.3 Å². The monoisotopic (exact) mass is 410 g/mol. The van der Waals surface area contributed by atoms with Crippen LogP contribution in [-0.2, 0) is 20.9 Å².